The highest BCUT2D eigenvalue weighted by atomic mass is 32.2. The van der Waals surface area contributed by atoms with Crippen molar-refractivity contribution in [3.8, 4) is 0 Å². The van der Waals surface area contributed by atoms with Crippen LogP contribution in [0.2, 0.25) is 0 Å². The maximum absolute atomic E-state index is 12.3. The third kappa shape index (κ3) is 2.90. The summed E-state index contributed by atoms with van der Waals surface area (Å²) in [7, 11) is -3.68. The van der Waals surface area contributed by atoms with Gasteiger partial charge in [0, 0.05) is 17.0 Å². The van der Waals surface area contributed by atoms with E-state index in [1.165, 1.54) is 17.5 Å². The van der Waals surface area contributed by atoms with Crippen LogP contribution in [0.25, 0.3) is 0 Å². The number of hydrogen-bond acceptors (Lipinski definition) is 6. The highest BCUT2D eigenvalue weighted by Gasteiger charge is 2.24. The van der Waals surface area contributed by atoms with E-state index >= 15 is 0 Å². The van der Waals surface area contributed by atoms with Crippen LogP contribution in [0.3, 0.4) is 0 Å². The van der Waals surface area contributed by atoms with E-state index in [4.69, 9.17) is 5.73 Å². The van der Waals surface area contributed by atoms with Crippen LogP contribution >= 0.6 is 11.3 Å². The molecule has 7 nitrogen and oxygen atoms in total. The molecule has 110 valence electrons. The molecule has 2 aromatic heterocycles. The standard InChI is InChI=1S/C11H17N5O2S2/c1-6-10(19-8(3)14-6)7(2)16-20(17,18)11-9(4-12)5-13-15-11/h5,7,16H,4,12H2,1-3H3,(H,13,15). The van der Waals surface area contributed by atoms with Gasteiger partial charge in [-0.1, -0.05) is 0 Å². The largest absolute Gasteiger partial charge is 0.326 e. The van der Waals surface area contributed by atoms with Crippen molar-refractivity contribution in [2.24, 2.45) is 5.73 Å². The second kappa shape index (κ2) is 5.60. The Morgan fingerprint density at radius 1 is 1.50 bits per heavy atom. The van der Waals surface area contributed by atoms with E-state index in [1.54, 1.807) is 6.92 Å². The van der Waals surface area contributed by atoms with Crippen molar-refractivity contribution in [1.29, 1.82) is 0 Å². The maximum atomic E-state index is 12.3. The summed E-state index contributed by atoms with van der Waals surface area (Å²) in [5, 5.41) is 7.14. The van der Waals surface area contributed by atoms with E-state index < -0.39 is 10.0 Å². The normalized spacial score (nSPS) is 13.6. The number of aryl methyl sites for hydroxylation is 2. The molecule has 0 spiro atoms. The van der Waals surface area contributed by atoms with E-state index in [0.717, 1.165) is 15.6 Å². The number of H-pyrrole nitrogens is 1. The van der Waals surface area contributed by atoms with E-state index in [0.29, 0.717) is 5.56 Å². The predicted molar refractivity (Wildman–Crippen MR) is 76.8 cm³/mol. The number of thiazole rings is 1. The summed E-state index contributed by atoms with van der Waals surface area (Å²) in [6.45, 7) is 5.66. The zero-order chi connectivity index (χ0) is 14.9. The highest BCUT2D eigenvalue weighted by molar-refractivity contribution is 7.89. The Bertz CT molecular complexity index is 704. The number of sulfonamides is 1. The fraction of sp³-hybridized carbons (Fsp3) is 0.455. The van der Waals surface area contributed by atoms with Crippen molar-refractivity contribution in [3.05, 3.63) is 27.3 Å². The van der Waals surface area contributed by atoms with Crippen LogP contribution < -0.4 is 10.5 Å². The Morgan fingerprint density at radius 2 is 2.20 bits per heavy atom. The number of hydrogen-bond donors (Lipinski definition) is 3. The molecular weight excluding hydrogens is 298 g/mol. The summed E-state index contributed by atoms with van der Waals surface area (Å²) in [5.74, 6) is 0. The first-order valence-electron chi connectivity index (χ1n) is 6.03. The number of nitrogens with one attached hydrogen (secondary N) is 2. The maximum Gasteiger partial charge on any atom is 0.258 e. The lowest BCUT2D eigenvalue weighted by atomic mass is 10.2. The van der Waals surface area contributed by atoms with Gasteiger partial charge >= 0.3 is 0 Å². The minimum absolute atomic E-state index is 0.0192. The molecule has 2 rings (SSSR count). The summed E-state index contributed by atoms with van der Waals surface area (Å²) in [6.07, 6.45) is 1.42. The van der Waals surface area contributed by atoms with Crippen molar-refractivity contribution >= 4 is 21.4 Å². The first kappa shape index (κ1) is 15.1. The van der Waals surface area contributed by atoms with Crippen LogP contribution in [0.1, 0.15) is 34.1 Å². The number of nitrogens with zero attached hydrogens (tertiary/aromatic N) is 2. The lowest BCUT2D eigenvalue weighted by Crippen LogP contribution is -2.28. The van der Waals surface area contributed by atoms with Crippen molar-refractivity contribution in [1.82, 2.24) is 19.9 Å². The summed E-state index contributed by atoms with van der Waals surface area (Å²) in [4.78, 5) is 5.20. The molecule has 20 heavy (non-hydrogen) atoms. The van der Waals surface area contributed by atoms with Gasteiger partial charge in [-0.3, -0.25) is 5.10 Å². The van der Waals surface area contributed by atoms with Crippen molar-refractivity contribution in [2.75, 3.05) is 0 Å². The molecule has 2 heterocycles. The Balaban J connectivity index is 2.27. The zero-order valence-electron chi connectivity index (χ0n) is 11.5. The van der Waals surface area contributed by atoms with Crippen LogP contribution in [0.4, 0.5) is 0 Å². The van der Waals surface area contributed by atoms with Gasteiger partial charge in [0.15, 0.2) is 5.03 Å². The van der Waals surface area contributed by atoms with E-state index in [2.05, 4.69) is 19.9 Å². The third-order valence-corrected chi connectivity index (χ3v) is 5.64. The minimum atomic E-state index is -3.68. The minimum Gasteiger partial charge on any atom is -0.326 e. The molecule has 0 aliphatic carbocycles. The van der Waals surface area contributed by atoms with E-state index in [-0.39, 0.29) is 17.6 Å². The quantitative estimate of drug-likeness (QED) is 0.761. The van der Waals surface area contributed by atoms with Crippen molar-refractivity contribution in [3.63, 3.8) is 0 Å². The summed E-state index contributed by atoms with van der Waals surface area (Å²) >= 11 is 1.48. The average molecular weight is 315 g/mol. The van der Waals surface area contributed by atoms with Crippen LogP contribution in [0.15, 0.2) is 11.2 Å². The van der Waals surface area contributed by atoms with Gasteiger partial charge in [0.05, 0.1) is 22.9 Å². The van der Waals surface area contributed by atoms with E-state index in [1.807, 2.05) is 13.8 Å². The SMILES string of the molecule is Cc1nc(C)c(C(C)NS(=O)(=O)c2[nH]ncc2CN)s1. The first-order chi connectivity index (χ1) is 9.35. The molecule has 0 amide bonds. The molecule has 0 radical (unpaired) electrons. The molecule has 0 aliphatic rings. The second-order valence-electron chi connectivity index (χ2n) is 4.45. The Kier molecular flexibility index (Phi) is 4.23. The van der Waals surface area contributed by atoms with Gasteiger partial charge < -0.3 is 5.73 Å². The first-order valence-corrected chi connectivity index (χ1v) is 8.33. The molecule has 0 saturated carbocycles. The van der Waals surface area contributed by atoms with Gasteiger partial charge in [-0.2, -0.15) is 5.10 Å². The lowest BCUT2D eigenvalue weighted by Gasteiger charge is -2.13. The van der Waals surface area contributed by atoms with Gasteiger partial charge in [0.25, 0.3) is 10.0 Å². The third-order valence-electron chi connectivity index (χ3n) is 2.83. The average Bonchev–Trinajstić information content (AvgIpc) is 2.94. The molecular formula is C11H17N5O2S2. The van der Waals surface area contributed by atoms with Crippen molar-refractivity contribution < 1.29 is 8.42 Å². The van der Waals surface area contributed by atoms with Crippen LogP contribution in [-0.4, -0.2) is 23.6 Å². The Morgan fingerprint density at radius 3 is 2.75 bits per heavy atom. The number of aromatic amines is 1. The molecule has 1 atom stereocenters. The molecule has 0 aliphatic heterocycles. The molecule has 4 N–H and O–H groups in total. The van der Waals surface area contributed by atoms with Crippen LogP contribution in [-0.2, 0) is 16.6 Å². The second-order valence-corrected chi connectivity index (χ2v) is 7.34. The van der Waals surface area contributed by atoms with Crippen molar-refractivity contribution in [2.45, 2.75) is 38.4 Å². The van der Waals surface area contributed by atoms with Crippen LogP contribution in [0, 0.1) is 13.8 Å². The highest BCUT2D eigenvalue weighted by Crippen LogP contribution is 2.26. The molecule has 0 bridgehead atoms. The number of nitrogens with two attached hydrogens (primary N) is 1. The Hall–Kier alpha value is -1.29. The van der Waals surface area contributed by atoms with Gasteiger partial charge in [0.1, 0.15) is 0 Å². The lowest BCUT2D eigenvalue weighted by molar-refractivity contribution is 0.562. The fourth-order valence-electron chi connectivity index (χ4n) is 1.97. The molecule has 0 aromatic carbocycles. The summed E-state index contributed by atoms with van der Waals surface area (Å²) < 4.78 is 27.3. The summed E-state index contributed by atoms with van der Waals surface area (Å²) in [5.41, 5.74) is 6.80. The van der Waals surface area contributed by atoms with Gasteiger partial charge in [-0.15, -0.1) is 11.3 Å². The topological polar surface area (TPSA) is 114 Å². The van der Waals surface area contributed by atoms with E-state index in [9.17, 15) is 8.42 Å². The molecule has 9 heteroatoms. The van der Waals surface area contributed by atoms with Gasteiger partial charge in [0.2, 0.25) is 0 Å². The fourth-order valence-corrected chi connectivity index (χ4v) is 4.33. The van der Waals surface area contributed by atoms with Gasteiger partial charge in [-0.05, 0) is 20.8 Å². The predicted octanol–water partition coefficient (Wildman–Crippen LogP) is 0.981. The van der Waals surface area contributed by atoms with Crippen LogP contribution in [0.5, 0.6) is 0 Å². The molecule has 0 fully saturated rings. The molecule has 0 saturated heterocycles. The number of rotatable bonds is 5. The zero-order valence-corrected chi connectivity index (χ0v) is 13.1. The molecule has 1 unspecified atom stereocenters. The Labute approximate surface area is 121 Å². The smallest absolute Gasteiger partial charge is 0.258 e. The number of aromatic nitrogens is 3. The molecule has 2 aromatic rings. The summed E-state index contributed by atoms with van der Waals surface area (Å²) in [6, 6.07) is -0.361. The van der Waals surface area contributed by atoms with Gasteiger partial charge in [-0.25, -0.2) is 18.1 Å². The monoisotopic (exact) mass is 315 g/mol.